The molecule has 1 aliphatic carbocycles. The highest BCUT2D eigenvalue weighted by molar-refractivity contribution is 6.74. The van der Waals surface area contributed by atoms with Gasteiger partial charge in [0.1, 0.15) is 0 Å². The molecule has 0 saturated heterocycles. The van der Waals surface area contributed by atoms with Crippen LogP contribution in [-0.4, -0.2) is 8.32 Å². The van der Waals surface area contributed by atoms with Crippen LogP contribution in [0.1, 0.15) is 98.8 Å². The summed E-state index contributed by atoms with van der Waals surface area (Å²) in [4.78, 5) is 0. The summed E-state index contributed by atoms with van der Waals surface area (Å²) in [7, 11) is -1.55. The first kappa shape index (κ1) is 21.8. The van der Waals surface area contributed by atoms with Gasteiger partial charge in [0.05, 0.1) is 5.76 Å². The van der Waals surface area contributed by atoms with Gasteiger partial charge in [0.25, 0.3) is 8.32 Å². The molecule has 0 bridgehead atoms. The van der Waals surface area contributed by atoms with Gasteiger partial charge in [-0.2, -0.15) is 0 Å². The van der Waals surface area contributed by atoms with Crippen molar-refractivity contribution in [3.8, 4) is 0 Å². The molecule has 0 aromatic rings. The van der Waals surface area contributed by atoms with E-state index in [4.69, 9.17) is 4.43 Å². The summed E-state index contributed by atoms with van der Waals surface area (Å²) in [5.74, 6) is 2.98. The second-order valence-electron chi connectivity index (χ2n) is 8.20. The normalized spacial score (nSPS) is 19.9. The van der Waals surface area contributed by atoms with Gasteiger partial charge in [-0.05, 0) is 48.9 Å². The third-order valence-corrected chi connectivity index (χ3v) is 10.7. The molecule has 2 unspecified atom stereocenters. The number of hydrogen-bond acceptors (Lipinski definition) is 1. The van der Waals surface area contributed by atoms with Gasteiger partial charge >= 0.3 is 0 Å². The summed E-state index contributed by atoms with van der Waals surface area (Å²) >= 11 is 0. The Labute approximate surface area is 153 Å². The van der Waals surface area contributed by atoms with Crippen molar-refractivity contribution < 1.29 is 4.43 Å². The van der Waals surface area contributed by atoms with Crippen molar-refractivity contribution in [2.45, 2.75) is 117 Å². The predicted molar refractivity (Wildman–Crippen MR) is 111 cm³/mol. The molecule has 0 spiro atoms. The van der Waals surface area contributed by atoms with Crippen LogP contribution in [0.2, 0.25) is 18.1 Å². The van der Waals surface area contributed by atoms with Crippen molar-refractivity contribution in [2.24, 2.45) is 11.8 Å². The fourth-order valence-electron chi connectivity index (χ4n) is 4.55. The number of allylic oxidation sites excluding steroid dienone is 2. The Bertz CT molecular complexity index is 333. The summed E-state index contributed by atoms with van der Waals surface area (Å²) in [6, 6.07) is 4.05. The van der Waals surface area contributed by atoms with Gasteiger partial charge in [0.15, 0.2) is 0 Å². The minimum absolute atomic E-state index is 0.766. The second kappa shape index (κ2) is 12.2. The third-order valence-electron chi connectivity index (χ3n) is 5.82. The molecular formula is C22H44OSi. The van der Waals surface area contributed by atoms with Crippen LogP contribution in [0, 0.1) is 11.8 Å². The van der Waals surface area contributed by atoms with Crippen LogP contribution in [0.5, 0.6) is 0 Å². The molecule has 0 N–H and O–H groups in total. The first-order chi connectivity index (χ1) is 11.6. The smallest absolute Gasteiger partial charge is 0.250 e. The fraction of sp³-hybridized carbons (Fsp3) is 0.909. The lowest BCUT2D eigenvalue weighted by Gasteiger charge is -2.36. The predicted octanol–water partition coefficient (Wildman–Crippen LogP) is 8.08. The van der Waals surface area contributed by atoms with E-state index in [2.05, 4.69) is 40.7 Å². The average molecular weight is 353 g/mol. The Morgan fingerprint density at radius 1 is 1.00 bits per heavy atom. The van der Waals surface area contributed by atoms with Crippen LogP contribution >= 0.6 is 0 Å². The van der Waals surface area contributed by atoms with Gasteiger partial charge in [0, 0.05) is 6.42 Å². The lowest BCUT2D eigenvalue weighted by atomic mass is 9.82. The number of rotatable bonds is 13. The average Bonchev–Trinajstić information content (AvgIpc) is 2.56. The maximum Gasteiger partial charge on any atom is 0.250 e. The topological polar surface area (TPSA) is 9.23 Å². The van der Waals surface area contributed by atoms with Crippen molar-refractivity contribution in [3.63, 3.8) is 0 Å². The van der Waals surface area contributed by atoms with Crippen LogP contribution in [-0.2, 0) is 4.43 Å². The van der Waals surface area contributed by atoms with E-state index in [0.717, 1.165) is 11.8 Å². The van der Waals surface area contributed by atoms with Gasteiger partial charge in [0.2, 0.25) is 0 Å². The first-order valence-corrected chi connectivity index (χ1v) is 13.5. The maximum atomic E-state index is 6.91. The molecular weight excluding hydrogens is 308 g/mol. The van der Waals surface area contributed by atoms with Crippen molar-refractivity contribution >= 4 is 8.32 Å². The quantitative estimate of drug-likeness (QED) is 0.240. The molecule has 142 valence electrons. The van der Waals surface area contributed by atoms with E-state index >= 15 is 0 Å². The third kappa shape index (κ3) is 7.33. The highest BCUT2D eigenvalue weighted by Crippen LogP contribution is 2.36. The molecule has 0 amide bonds. The Morgan fingerprint density at radius 2 is 1.62 bits per heavy atom. The summed E-state index contributed by atoms with van der Waals surface area (Å²) in [5, 5.41) is 0. The Morgan fingerprint density at radius 3 is 2.17 bits per heavy atom. The van der Waals surface area contributed by atoms with Gasteiger partial charge in [-0.1, -0.05) is 79.6 Å². The second-order valence-corrected chi connectivity index (χ2v) is 12.3. The molecule has 0 aromatic heterocycles. The summed E-state index contributed by atoms with van der Waals surface area (Å²) in [6.07, 6.45) is 15.9. The largest absolute Gasteiger partial charge is 0.547 e. The zero-order valence-electron chi connectivity index (χ0n) is 17.3. The number of hydrogen-bond donors (Lipinski definition) is 0. The van der Waals surface area contributed by atoms with E-state index in [0.29, 0.717) is 0 Å². The number of unbranched alkanes of at least 4 members (excludes halogenated alkanes) is 2. The van der Waals surface area contributed by atoms with Crippen molar-refractivity contribution in [2.75, 3.05) is 0 Å². The lowest BCUT2D eigenvalue weighted by molar-refractivity contribution is 0.298. The van der Waals surface area contributed by atoms with Crippen LogP contribution in [0.3, 0.4) is 0 Å². The summed E-state index contributed by atoms with van der Waals surface area (Å²) in [6.45, 7) is 11.8. The minimum Gasteiger partial charge on any atom is -0.547 e. The van der Waals surface area contributed by atoms with Gasteiger partial charge in [-0.15, -0.1) is 0 Å². The highest BCUT2D eigenvalue weighted by Gasteiger charge is 2.35. The van der Waals surface area contributed by atoms with Gasteiger partial charge in [-0.3, -0.25) is 0 Å². The Hall–Kier alpha value is -0.243. The Balaban J connectivity index is 2.74. The fourth-order valence-corrected chi connectivity index (χ4v) is 9.07. The molecule has 24 heavy (non-hydrogen) atoms. The standard InChI is InChI=1S/C22H44OSi/c1-6-10-11-13-20(5)21-14-12-15-22(19-21)23-24(16-7-2,17-8-3)18-9-4/h19-21H,6-18H2,1-5H3. The molecule has 1 aliphatic rings. The molecule has 2 heteroatoms. The van der Waals surface area contributed by atoms with Crippen LogP contribution in [0.25, 0.3) is 0 Å². The molecule has 0 fully saturated rings. The molecule has 1 nitrogen and oxygen atoms in total. The van der Waals surface area contributed by atoms with E-state index in [1.165, 1.54) is 88.1 Å². The molecule has 0 aliphatic heterocycles. The summed E-state index contributed by atoms with van der Waals surface area (Å²) in [5.41, 5.74) is 0. The zero-order valence-corrected chi connectivity index (χ0v) is 18.3. The van der Waals surface area contributed by atoms with E-state index < -0.39 is 8.32 Å². The monoisotopic (exact) mass is 352 g/mol. The molecule has 0 aromatic carbocycles. The van der Waals surface area contributed by atoms with E-state index in [1.54, 1.807) is 0 Å². The minimum atomic E-state index is -1.55. The molecule has 0 heterocycles. The molecule has 0 saturated carbocycles. The van der Waals surface area contributed by atoms with Crippen molar-refractivity contribution in [1.29, 1.82) is 0 Å². The van der Waals surface area contributed by atoms with Crippen molar-refractivity contribution in [3.05, 3.63) is 11.8 Å². The van der Waals surface area contributed by atoms with Gasteiger partial charge in [-0.25, -0.2) is 0 Å². The molecule has 0 radical (unpaired) electrons. The maximum absolute atomic E-state index is 6.91. The van der Waals surface area contributed by atoms with Gasteiger partial charge < -0.3 is 4.43 Å². The van der Waals surface area contributed by atoms with Crippen LogP contribution in [0.4, 0.5) is 0 Å². The lowest BCUT2D eigenvalue weighted by Crippen LogP contribution is -2.38. The summed E-state index contributed by atoms with van der Waals surface area (Å²) < 4.78 is 6.91. The SMILES string of the molecule is CCCCCC(C)C1C=C(O[Si](CCC)(CCC)CCC)CCC1. The van der Waals surface area contributed by atoms with E-state index in [1.807, 2.05) is 0 Å². The highest BCUT2D eigenvalue weighted by atomic mass is 28.4. The molecule has 2 atom stereocenters. The van der Waals surface area contributed by atoms with Crippen molar-refractivity contribution in [1.82, 2.24) is 0 Å². The zero-order chi connectivity index (χ0) is 17.8. The van der Waals surface area contributed by atoms with Crippen LogP contribution in [0.15, 0.2) is 11.8 Å². The van der Waals surface area contributed by atoms with Crippen LogP contribution < -0.4 is 0 Å². The van der Waals surface area contributed by atoms with E-state index in [-0.39, 0.29) is 0 Å². The molecule has 1 rings (SSSR count). The Kier molecular flexibility index (Phi) is 11.0. The first-order valence-electron chi connectivity index (χ1n) is 11.0. The van der Waals surface area contributed by atoms with E-state index in [9.17, 15) is 0 Å².